The maximum absolute atomic E-state index is 11.0. The highest BCUT2D eigenvalue weighted by molar-refractivity contribution is 5.97. The van der Waals surface area contributed by atoms with E-state index in [9.17, 15) is 9.59 Å². The lowest BCUT2D eigenvalue weighted by Crippen LogP contribution is -2.55. The molecular weight excluding hydrogens is 144 g/mol. The molecule has 4 heteroatoms. The summed E-state index contributed by atoms with van der Waals surface area (Å²) in [5.41, 5.74) is -0.379. The van der Waals surface area contributed by atoms with Crippen LogP contribution in [0.25, 0.3) is 0 Å². The highest BCUT2D eigenvalue weighted by Crippen LogP contribution is 2.20. The van der Waals surface area contributed by atoms with Gasteiger partial charge in [-0.3, -0.25) is 4.79 Å². The van der Waals surface area contributed by atoms with Crippen molar-refractivity contribution in [1.29, 1.82) is 0 Å². The number of urea groups is 1. The van der Waals surface area contributed by atoms with Crippen molar-refractivity contribution in [3.8, 4) is 0 Å². The third-order valence-electron chi connectivity index (χ3n) is 2.00. The molecule has 4 nitrogen and oxygen atoms in total. The Morgan fingerprint density at radius 2 is 2.00 bits per heavy atom. The van der Waals surface area contributed by atoms with Crippen LogP contribution in [0.4, 0.5) is 4.79 Å². The number of carbonyl (C=O) groups excluding carboxylic acids is 2. The molecule has 0 bridgehead atoms. The molecule has 61 valence electrons. The van der Waals surface area contributed by atoms with Gasteiger partial charge in [0, 0.05) is 12.6 Å². The predicted molar refractivity (Wildman–Crippen MR) is 39.0 cm³/mol. The van der Waals surface area contributed by atoms with Crippen LogP contribution in [0.3, 0.4) is 0 Å². The van der Waals surface area contributed by atoms with Crippen LogP contribution in [0.1, 0.15) is 20.3 Å². The van der Waals surface area contributed by atoms with Crippen LogP contribution in [0.15, 0.2) is 0 Å². The van der Waals surface area contributed by atoms with Gasteiger partial charge in [-0.2, -0.15) is 5.32 Å². The van der Waals surface area contributed by atoms with E-state index < -0.39 is 6.03 Å². The van der Waals surface area contributed by atoms with Crippen molar-refractivity contribution in [3.05, 3.63) is 0 Å². The standard InChI is InChI=1S/C7H11N2O2/c1-7(2)4-5(10)8-6(11)9(7)3/h4H2,1-3H3. The lowest BCUT2D eigenvalue weighted by Gasteiger charge is -2.37. The third kappa shape index (κ3) is 1.34. The van der Waals surface area contributed by atoms with E-state index in [1.165, 1.54) is 4.90 Å². The van der Waals surface area contributed by atoms with Crippen molar-refractivity contribution >= 4 is 11.9 Å². The molecule has 0 aliphatic carbocycles. The van der Waals surface area contributed by atoms with Gasteiger partial charge in [0.15, 0.2) is 0 Å². The van der Waals surface area contributed by atoms with E-state index in [4.69, 9.17) is 0 Å². The highest BCUT2D eigenvalue weighted by atomic mass is 16.2. The average molecular weight is 155 g/mol. The lowest BCUT2D eigenvalue weighted by atomic mass is 9.97. The first-order valence-corrected chi connectivity index (χ1v) is 3.46. The maximum atomic E-state index is 11.0. The molecule has 0 aromatic heterocycles. The minimum atomic E-state index is -0.439. The maximum Gasteiger partial charge on any atom is 0.346 e. The van der Waals surface area contributed by atoms with Crippen molar-refractivity contribution in [2.75, 3.05) is 7.05 Å². The Morgan fingerprint density at radius 3 is 2.45 bits per heavy atom. The minimum absolute atomic E-state index is 0.315. The van der Waals surface area contributed by atoms with Gasteiger partial charge in [-0.05, 0) is 13.8 Å². The fourth-order valence-corrected chi connectivity index (χ4v) is 0.969. The number of hydrogen-bond donors (Lipinski definition) is 0. The number of hydrogen-bond acceptors (Lipinski definition) is 2. The van der Waals surface area contributed by atoms with E-state index in [-0.39, 0.29) is 11.4 Å². The molecule has 1 heterocycles. The molecule has 0 N–H and O–H groups in total. The van der Waals surface area contributed by atoms with E-state index in [1.54, 1.807) is 7.05 Å². The Bertz CT molecular complexity index is 210. The largest absolute Gasteiger partial charge is 0.346 e. The van der Waals surface area contributed by atoms with Crippen molar-refractivity contribution < 1.29 is 9.59 Å². The molecule has 0 atom stereocenters. The second-order valence-corrected chi connectivity index (χ2v) is 3.34. The first kappa shape index (κ1) is 8.04. The molecule has 1 aliphatic rings. The van der Waals surface area contributed by atoms with Gasteiger partial charge in [0.25, 0.3) is 5.91 Å². The number of amides is 3. The van der Waals surface area contributed by atoms with E-state index in [0.29, 0.717) is 6.42 Å². The fourth-order valence-electron chi connectivity index (χ4n) is 0.969. The third-order valence-corrected chi connectivity index (χ3v) is 2.00. The summed E-state index contributed by atoms with van der Waals surface area (Å²) in [6, 6.07) is -0.439. The zero-order valence-corrected chi connectivity index (χ0v) is 6.92. The topological polar surface area (TPSA) is 51.5 Å². The Hall–Kier alpha value is -1.06. The zero-order valence-electron chi connectivity index (χ0n) is 6.92. The summed E-state index contributed by atoms with van der Waals surface area (Å²) in [5.74, 6) is -0.321. The molecule has 1 aliphatic heterocycles. The average Bonchev–Trinajstić information content (AvgIpc) is 1.81. The van der Waals surface area contributed by atoms with Gasteiger partial charge >= 0.3 is 6.03 Å². The van der Waals surface area contributed by atoms with Crippen LogP contribution in [0, 0.1) is 0 Å². The summed E-state index contributed by atoms with van der Waals surface area (Å²) >= 11 is 0. The number of imide groups is 1. The van der Waals surface area contributed by atoms with Gasteiger partial charge < -0.3 is 4.90 Å². The molecule has 1 fully saturated rings. The SMILES string of the molecule is CN1C(=O)[N]C(=O)CC1(C)C. The Balaban J connectivity index is 2.83. The van der Waals surface area contributed by atoms with Gasteiger partial charge in [0.1, 0.15) is 0 Å². The Labute approximate surface area is 65.6 Å². The van der Waals surface area contributed by atoms with Crippen molar-refractivity contribution in [2.45, 2.75) is 25.8 Å². The van der Waals surface area contributed by atoms with Crippen LogP contribution in [-0.4, -0.2) is 29.4 Å². The van der Waals surface area contributed by atoms with E-state index in [2.05, 4.69) is 5.32 Å². The van der Waals surface area contributed by atoms with Crippen LogP contribution < -0.4 is 5.32 Å². The van der Waals surface area contributed by atoms with Crippen molar-refractivity contribution in [3.63, 3.8) is 0 Å². The van der Waals surface area contributed by atoms with Crippen molar-refractivity contribution in [2.24, 2.45) is 0 Å². The second-order valence-electron chi connectivity index (χ2n) is 3.34. The first-order chi connectivity index (χ1) is 4.93. The molecular formula is C7H11N2O2. The molecule has 0 spiro atoms. The Kier molecular flexibility index (Phi) is 1.62. The van der Waals surface area contributed by atoms with E-state index in [1.807, 2.05) is 13.8 Å². The van der Waals surface area contributed by atoms with Gasteiger partial charge in [-0.15, -0.1) is 0 Å². The van der Waals surface area contributed by atoms with Crippen LogP contribution in [0.2, 0.25) is 0 Å². The summed E-state index contributed by atoms with van der Waals surface area (Å²) in [6.45, 7) is 3.69. The molecule has 0 aromatic carbocycles. The number of nitrogens with zero attached hydrogens (tertiary/aromatic N) is 2. The van der Waals surface area contributed by atoms with E-state index in [0.717, 1.165) is 0 Å². The summed E-state index contributed by atoms with van der Waals surface area (Å²) in [4.78, 5) is 23.3. The summed E-state index contributed by atoms with van der Waals surface area (Å²) in [6.07, 6.45) is 0.315. The molecule has 11 heavy (non-hydrogen) atoms. The summed E-state index contributed by atoms with van der Waals surface area (Å²) in [7, 11) is 1.65. The van der Waals surface area contributed by atoms with Gasteiger partial charge in [0.2, 0.25) is 0 Å². The smallest absolute Gasteiger partial charge is 0.320 e. The normalized spacial score (nSPS) is 23.4. The number of rotatable bonds is 0. The van der Waals surface area contributed by atoms with Crippen LogP contribution >= 0.6 is 0 Å². The van der Waals surface area contributed by atoms with Crippen LogP contribution in [-0.2, 0) is 4.79 Å². The molecule has 0 saturated carbocycles. The second kappa shape index (κ2) is 2.22. The minimum Gasteiger partial charge on any atom is -0.320 e. The number of carbonyl (C=O) groups is 2. The van der Waals surface area contributed by atoms with Crippen LogP contribution in [0.5, 0.6) is 0 Å². The molecule has 1 radical (unpaired) electrons. The lowest BCUT2D eigenvalue weighted by molar-refractivity contribution is -0.124. The summed E-state index contributed by atoms with van der Waals surface area (Å²) < 4.78 is 0. The monoisotopic (exact) mass is 155 g/mol. The molecule has 1 saturated heterocycles. The van der Waals surface area contributed by atoms with Gasteiger partial charge in [-0.25, -0.2) is 4.79 Å². The van der Waals surface area contributed by atoms with Crippen molar-refractivity contribution in [1.82, 2.24) is 10.2 Å². The van der Waals surface area contributed by atoms with Gasteiger partial charge in [0.05, 0.1) is 6.42 Å². The van der Waals surface area contributed by atoms with E-state index >= 15 is 0 Å². The highest BCUT2D eigenvalue weighted by Gasteiger charge is 2.37. The first-order valence-electron chi connectivity index (χ1n) is 3.46. The summed E-state index contributed by atoms with van der Waals surface area (Å²) in [5, 5.41) is 3.31. The fraction of sp³-hybridized carbons (Fsp3) is 0.714. The molecule has 3 amide bonds. The molecule has 1 rings (SSSR count). The molecule has 0 aromatic rings. The van der Waals surface area contributed by atoms with Gasteiger partial charge in [-0.1, -0.05) is 0 Å². The zero-order chi connectivity index (χ0) is 8.65. The predicted octanol–water partition coefficient (Wildman–Crippen LogP) is 0.351. The molecule has 0 unspecified atom stereocenters. The Morgan fingerprint density at radius 1 is 1.45 bits per heavy atom. The quantitative estimate of drug-likeness (QED) is 0.507.